The second-order valence-electron chi connectivity index (χ2n) is 3.66. The topological polar surface area (TPSA) is 104 Å². The molecule has 0 aliphatic carbocycles. The summed E-state index contributed by atoms with van der Waals surface area (Å²) in [5.41, 5.74) is 6.13. The normalized spacial score (nSPS) is 11.6. The molecule has 0 saturated heterocycles. The van der Waals surface area contributed by atoms with Crippen molar-refractivity contribution in [2.75, 3.05) is 6.26 Å². The van der Waals surface area contributed by atoms with E-state index in [1.165, 1.54) is 35.8 Å². The molecule has 0 unspecified atom stereocenters. The highest BCUT2D eigenvalue weighted by Gasteiger charge is 2.14. The zero-order valence-electron chi connectivity index (χ0n) is 10.5. The van der Waals surface area contributed by atoms with Crippen molar-refractivity contribution in [3.8, 4) is 0 Å². The summed E-state index contributed by atoms with van der Waals surface area (Å²) in [6.07, 6.45) is 3.34. The van der Waals surface area contributed by atoms with Crippen molar-refractivity contribution in [3.63, 3.8) is 0 Å². The average molecular weight is 308 g/mol. The van der Waals surface area contributed by atoms with E-state index in [9.17, 15) is 4.79 Å². The molecular formula is C12H12N4O2S2. The van der Waals surface area contributed by atoms with E-state index < -0.39 is 0 Å². The van der Waals surface area contributed by atoms with Crippen LogP contribution in [0.5, 0.6) is 0 Å². The summed E-state index contributed by atoms with van der Waals surface area (Å²) in [7, 11) is 0. The van der Waals surface area contributed by atoms with Gasteiger partial charge in [0.15, 0.2) is 11.0 Å². The Morgan fingerprint density at radius 1 is 1.40 bits per heavy atom. The third-order valence-corrected chi connectivity index (χ3v) is 4.17. The van der Waals surface area contributed by atoms with Crippen molar-refractivity contribution in [1.29, 1.82) is 0 Å². The Labute approximate surface area is 123 Å². The van der Waals surface area contributed by atoms with Crippen molar-refractivity contribution in [1.82, 2.24) is 9.97 Å². The number of rotatable bonds is 4. The Hall–Kier alpha value is -1.93. The number of amidine groups is 1. The first-order chi connectivity index (χ1) is 9.65. The zero-order valence-corrected chi connectivity index (χ0v) is 12.2. The van der Waals surface area contributed by atoms with E-state index in [0.29, 0.717) is 10.7 Å². The first kappa shape index (κ1) is 14.5. The molecule has 1 aromatic carbocycles. The van der Waals surface area contributed by atoms with Crippen molar-refractivity contribution in [2.45, 2.75) is 14.9 Å². The number of nitrogens with zero attached hydrogens (tertiary/aromatic N) is 2. The van der Waals surface area contributed by atoms with Crippen molar-refractivity contribution in [3.05, 3.63) is 46.4 Å². The van der Waals surface area contributed by atoms with E-state index in [4.69, 9.17) is 10.9 Å². The molecule has 2 aromatic rings. The third kappa shape index (κ3) is 3.14. The molecule has 0 atom stereocenters. The van der Waals surface area contributed by atoms with Gasteiger partial charge in [-0.3, -0.25) is 4.79 Å². The van der Waals surface area contributed by atoms with Gasteiger partial charge in [0, 0.05) is 27.6 Å². The third-order valence-electron chi connectivity index (χ3n) is 2.43. The fourth-order valence-electron chi connectivity index (χ4n) is 1.58. The second-order valence-corrected chi connectivity index (χ2v) is 5.54. The van der Waals surface area contributed by atoms with Gasteiger partial charge in [0.05, 0.1) is 0 Å². The van der Waals surface area contributed by atoms with Crippen molar-refractivity contribution < 1.29 is 5.21 Å². The molecule has 0 radical (unpaired) electrons. The van der Waals surface area contributed by atoms with E-state index in [2.05, 4.69) is 15.1 Å². The minimum Gasteiger partial charge on any atom is -0.409 e. The molecule has 1 heterocycles. The van der Waals surface area contributed by atoms with Crippen LogP contribution in [-0.2, 0) is 0 Å². The smallest absolute Gasteiger partial charge is 0.251 e. The predicted octanol–water partition coefficient (Wildman–Crippen LogP) is 1.74. The quantitative estimate of drug-likeness (QED) is 0.198. The summed E-state index contributed by atoms with van der Waals surface area (Å²) in [5, 5.41) is 12.4. The summed E-state index contributed by atoms with van der Waals surface area (Å²) in [6.45, 7) is 0. The van der Waals surface area contributed by atoms with Crippen LogP contribution in [0, 0.1) is 0 Å². The average Bonchev–Trinajstić information content (AvgIpc) is 2.46. The Bertz CT molecular complexity index is 700. The maximum absolute atomic E-state index is 11.3. The number of aromatic nitrogens is 2. The minimum atomic E-state index is -0.228. The van der Waals surface area contributed by atoms with Crippen LogP contribution < -0.4 is 11.3 Å². The molecule has 20 heavy (non-hydrogen) atoms. The van der Waals surface area contributed by atoms with Gasteiger partial charge in [-0.25, -0.2) is 4.98 Å². The van der Waals surface area contributed by atoms with Crippen molar-refractivity contribution >= 4 is 29.4 Å². The van der Waals surface area contributed by atoms with Crippen LogP contribution in [0.3, 0.4) is 0 Å². The number of benzene rings is 1. The van der Waals surface area contributed by atoms with Crippen molar-refractivity contribution in [2.24, 2.45) is 10.9 Å². The molecule has 0 spiro atoms. The Morgan fingerprint density at radius 2 is 2.15 bits per heavy atom. The lowest BCUT2D eigenvalue weighted by Crippen LogP contribution is -2.15. The van der Waals surface area contributed by atoms with E-state index in [-0.39, 0.29) is 11.4 Å². The largest absolute Gasteiger partial charge is 0.409 e. The van der Waals surface area contributed by atoms with Gasteiger partial charge in [-0.15, -0.1) is 11.8 Å². The number of nitrogens with one attached hydrogen (secondary N) is 1. The second kappa shape index (κ2) is 6.49. The van der Waals surface area contributed by atoms with Gasteiger partial charge in [-0.2, -0.15) is 0 Å². The number of hydrogen-bond donors (Lipinski definition) is 3. The highest BCUT2D eigenvalue weighted by Crippen LogP contribution is 2.32. The van der Waals surface area contributed by atoms with Crippen LogP contribution in [0.1, 0.15) is 5.56 Å². The molecule has 2 rings (SSSR count). The fraction of sp³-hybridized carbons (Fsp3) is 0.0833. The van der Waals surface area contributed by atoms with Gasteiger partial charge in [0.25, 0.3) is 5.56 Å². The monoisotopic (exact) mass is 308 g/mol. The lowest BCUT2D eigenvalue weighted by atomic mass is 10.2. The van der Waals surface area contributed by atoms with E-state index in [0.717, 1.165) is 9.79 Å². The SMILES string of the molecule is CSc1cccc(Sc2nccc(=O)[nH]2)c1/C(N)=N/O. The van der Waals surface area contributed by atoms with Crippen LogP contribution >= 0.6 is 23.5 Å². The van der Waals surface area contributed by atoms with Crippen LogP contribution in [0.2, 0.25) is 0 Å². The lowest BCUT2D eigenvalue weighted by molar-refractivity contribution is 0.318. The van der Waals surface area contributed by atoms with Gasteiger partial charge < -0.3 is 15.9 Å². The van der Waals surface area contributed by atoms with E-state index in [1.807, 2.05) is 24.5 Å². The summed E-state index contributed by atoms with van der Waals surface area (Å²) in [5.74, 6) is 0.0238. The molecule has 0 saturated carbocycles. The number of H-pyrrole nitrogens is 1. The highest BCUT2D eigenvalue weighted by molar-refractivity contribution is 7.99. The standard InChI is InChI=1S/C12H12N4O2S2/c1-19-7-3-2-4-8(10(7)11(13)16-18)20-12-14-6-5-9(17)15-12/h2-6,18H,1H3,(H2,13,16)(H,14,15,17). The number of nitrogens with two attached hydrogens (primary N) is 1. The predicted molar refractivity (Wildman–Crippen MR) is 79.7 cm³/mol. The number of oxime groups is 1. The van der Waals surface area contributed by atoms with Gasteiger partial charge in [-0.05, 0) is 18.4 Å². The minimum absolute atomic E-state index is 0.0238. The molecule has 0 fully saturated rings. The molecule has 0 aliphatic rings. The van der Waals surface area contributed by atoms with Crippen LogP contribution in [-0.4, -0.2) is 27.3 Å². The molecule has 1 aromatic heterocycles. The molecule has 0 aliphatic heterocycles. The van der Waals surface area contributed by atoms with Gasteiger partial charge in [-0.1, -0.05) is 23.0 Å². The van der Waals surface area contributed by atoms with E-state index in [1.54, 1.807) is 0 Å². The van der Waals surface area contributed by atoms with Gasteiger partial charge in [0.1, 0.15) is 0 Å². The molecule has 104 valence electrons. The molecule has 0 amide bonds. The zero-order chi connectivity index (χ0) is 14.5. The maximum atomic E-state index is 11.3. The van der Waals surface area contributed by atoms with E-state index >= 15 is 0 Å². The number of hydrogen-bond acceptors (Lipinski definition) is 6. The van der Waals surface area contributed by atoms with Gasteiger partial charge in [0.2, 0.25) is 0 Å². The Kier molecular flexibility index (Phi) is 4.70. The Morgan fingerprint density at radius 3 is 2.80 bits per heavy atom. The summed E-state index contributed by atoms with van der Waals surface area (Å²) in [4.78, 5) is 19.6. The van der Waals surface area contributed by atoms with Crippen LogP contribution in [0.4, 0.5) is 0 Å². The maximum Gasteiger partial charge on any atom is 0.251 e. The highest BCUT2D eigenvalue weighted by atomic mass is 32.2. The molecular weight excluding hydrogens is 296 g/mol. The van der Waals surface area contributed by atoms with Crippen LogP contribution in [0.15, 0.2) is 55.4 Å². The molecule has 6 nitrogen and oxygen atoms in total. The van der Waals surface area contributed by atoms with Crippen LogP contribution in [0.25, 0.3) is 0 Å². The fourth-order valence-corrected chi connectivity index (χ4v) is 3.21. The summed E-state index contributed by atoms with van der Waals surface area (Å²) >= 11 is 2.74. The lowest BCUT2D eigenvalue weighted by Gasteiger charge is -2.11. The first-order valence-corrected chi connectivity index (χ1v) is 7.58. The first-order valence-electron chi connectivity index (χ1n) is 5.53. The van der Waals surface area contributed by atoms with Gasteiger partial charge >= 0.3 is 0 Å². The number of aromatic amines is 1. The number of thioether (sulfide) groups is 1. The molecule has 4 N–H and O–H groups in total. The molecule has 0 bridgehead atoms. The Balaban J connectivity index is 2.49. The molecule has 8 heteroatoms. The summed E-state index contributed by atoms with van der Waals surface area (Å²) < 4.78 is 0. The summed E-state index contributed by atoms with van der Waals surface area (Å²) in [6, 6.07) is 6.91.